The molecule has 1 heterocycles. The van der Waals surface area contributed by atoms with Crippen LogP contribution in [0.5, 0.6) is 0 Å². The van der Waals surface area contributed by atoms with E-state index in [1.54, 1.807) is 6.92 Å². The Balaban J connectivity index is 2.93. The second-order valence-corrected chi connectivity index (χ2v) is 2.47. The SMILES string of the molecule is Cc1nc(Cl)ncc1NC(N)=O. The summed E-state index contributed by atoms with van der Waals surface area (Å²) in [7, 11) is 0. The number of nitrogens with one attached hydrogen (secondary N) is 1. The first kappa shape index (κ1) is 8.73. The maximum atomic E-state index is 10.4. The molecule has 0 fully saturated rings. The summed E-state index contributed by atoms with van der Waals surface area (Å²) >= 11 is 5.49. The molecule has 0 aliphatic rings. The number of carbonyl (C=O) groups is 1. The predicted molar refractivity (Wildman–Crippen MR) is 45.0 cm³/mol. The van der Waals surface area contributed by atoms with Crippen molar-refractivity contribution < 1.29 is 4.79 Å². The van der Waals surface area contributed by atoms with Crippen molar-refractivity contribution in [3.8, 4) is 0 Å². The first-order valence-corrected chi connectivity index (χ1v) is 3.53. The van der Waals surface area contributed by atoms with E-state index in [1.807, 2.05) is 0 Å². The van der Waals surface area contributed by atoms with Crippen LogP contribution in [0.4, 0.5) is 10.5 Å². The number of primary amides is 1. The Labute approximate surface area is 74.0 Å². The van der Waals surface area contributed by atoms with Crippen LogP contribution in [-0.2, 0) is 0 Å². The molecule has 0 bridgehead atoms. The lowest BCUT2D eigenvalue weighted by atomic mass is 10.4. The van der Waals surface area contributed by atoms with Crippen LogP contribution in [0.1, 0.15) is 5.69 Å². The quantitative estimate of drug-likeness (QED) is 0.641. The van der Waals surface area contributed by atoms with E-state index < -0.39 is 6.03 Å². The van der Waals surface area contributed by atoms with Gasteiger partial charge in [0.2, 0.25) is 5.28 Å². The average Bonchev–Trinajstić information content (AvgIpc) is 1.94. The molecule has 0 aliphatic carbocycles. The second kappa shape index (κ2) is 3.36. The number of nitrogens with zero attached hydrogens (tertiary/aromatic N) is 2. The minimum atomic E-state index is -0.649. The van der Waals surface area contributed by atoms with E-state index in [2.05, 4.69) is 15.3 Å². The highest BCUT2D eigenvalue weighted by atomic mass is 35.5. The van der Waals surface area contributed by atoms with Crippen LogP contribution in [0, 0.1) is 6.92 Å². The number of amides is 2. The van der Waals surface area contributed by atoms with Crippen molar-refractivity contribution >= 4 is 23.3 Å². The van der Waals surface area contributed by atoms with E-state index in [1.165, 1.54) is 6.20 Å². The van der Waals surface area contributed by atoms with Gasteiger partial charge in [-0.05, 0) is 18.5 Å². The molecule has 0 unspecified atom stereocenters. The summed E-state index contributed by atoms with van der Waals surface area (Å²) in [6.07, 6.45) is 1.40. The topological polar surface area (TPSA) is 80.9 Å². The number of halogens is 1. The number of aromatic nitrogens is 2. The summed E-state index contributed by atoms with van der Waals surface area (Å²) in [4.78, 5) is 17.9. The molecule has 6 heteroatoms. The first-order chi connectivity index (χ1) is 5.59. The van der Waals surface area contributed by atoms with Crippen molar-refractivity contribution in [1.29, 1.82) is 0 Å². The Morgan fingerprint density at radius 1 is 1.75 bits per heavy atom. The molecule has 0 saturated carbocycles. The summed E-state index contributed by atoms with van der Waals surface area (Å²) in [6, 6.07) is -0.649. The Hall–Kier alpha value is -1.36. The molecule has 0 atom stereocenters. The van der Waals surface area contributed by atoms with Gasteiger partial charge in [0.25, 0.3) is 0 Å². The van der Waals surface area contributed by atoms with Crippen molar-refractivity contribution in [2.24, 2.45) is 5.73 Å². The molecule has 1 aromatic rings. The zero-order valence-corrected chi connectivity index (χ0v) is 7.09. The molecular weight excluding hydrogens is 180 g/mol. The van der Waals surface area contributed by atoms with Crippen LogP contribution in [0.15, 0.2) is 6.20 Å². The van der Waals surface area contributed by atoms with E-state index in [9.17, 15) is 4.79 Å². The highest BCUT2D eigenvalue weighted by Gasteiger charge is 2.02. The largest absolute Gasteiger partial charge is 0.351 e. The number of aryl methyl sites for hydroxylation is 1. The summed E-state index contributed by atoms with van der Waals surface area (Å²) in [6.45, 7) is 1.69. The molecule has 0 radical (unpaired) electrons. The number of hydrogen-bond donors (Lipinski definition) is 2. The Kier molecular flexibility index (Phi) is 2.44. The minimum Gasteiger partial charge on any atom is -0.351 e. The van der Waals surface area contributed by atoms with Gasteiger partial charge in [0, 0.05) is 0 Å². The smallest absolute Gasteiger partial charge is 0.316 e. The predicted octanol–water partition coefficient (Wildman–Crippen LogP) is 0.929. The summed E-state index contributed by atoms with van der Waals surface area (Å²) in [5.41, 5.74) is 5.94. The number of anilines is 1. The molecule has 0 saturated heterocycles. The van der Waals surface area contributed by atoms with E-state index in [-0.39, 0.29) is 5.28 Å². The molecule has 1 aromatic heterocycles. The molecule has 1 rings (SSSR count). The van der Waals surface area contributed by atoms with Gasteiger partial charge in [-0.2, -0.15) is 0 Å². The first-order valence-electron chi connectivity index (χ1n) is 3.15. The van der Waals surface area contributed by atoms with Crippen molar-refractivity contribution in [3.63, 3.8) is 0 Å². The molecule has 12 heavy (non-hydrogen) atoms. The fourth-order valence-electron chi connectivity index (χ4n) is 0.694. The molecule has 5 nitrogen and oxygen atoms in total. The van der Waals surface area contributed by atoms with Crippen molar-refractivity contribution in [2.75, 3.05) is 5.32 Å². The van der Waals surface area contributed by atoms with Crippen LogP contribution >= 0.6 is 11.6 Å². The Morgan fingerprint density at radius 3 is 2.92 bits per heavy atom. The average molecular weight is 187 g/mol. The van der Waals surface area contributed by atoms with Crippen molar-refractivity contribution in [3.05, 3.63) is 17.2 Å². The van der Waals surface area contributed by atoms with Crippen molar-refractivity contribution in [2.45, 2.75) is 6.92 Å². The van der Waals surface area contributed by atoms with Gasteiger partial charge in [0.1, 0.15) is 0 Å². The Morgan fingerprint density at radius 2 is 2.42 bits per heavy atom. The van der Waals surface area contributed by atoms with Gasteiger partial charge in [0.15, 0.2) is 0 Å². The van der Waals surface area contributed by atoms with E-state index in [4.69, 9.17) is 17.3 Å². The second-order valence-electron chi connectivity index (χ2n) is 2.13. The molecule has 2 amide bonds. The fraction of sp³-hybridized carbons (Fsp3) is 0.167. The maximum absolute atomic E-state index is 10.4. The molecule has 0 spiro atoms. The van der Waals surface area contributed by atoms with Crippen LogP contribution in [-0.4, -0.2) is 16.0 Å². The molecule has 0 aromatic carbocycles. The van der Waals surface area contributed by atoms with Crippen LogP contribution in [0.2, 0.25) is 5.28 Å². The lowest BCUT2D eigenvalue weighted by molar-refractivity contribution is 0.259. The monoisotopic (exact) mass is 186 g/mol. The third-order valence-corrected chi connectivity index (χ3v) is 1.39. The molecule has 0 aliphatic heterocycles. The zero-order valence-electron chi connectivity index (χ0n) is 6.34. The Bertz CT molecular complexity index is 314. The van der Waals surface area contributed by atoms with Crippen molar-refractivity contribution in [1.82, 2.24) is 9.97 Å². The standard InChI is InChI=1S/C6H7ClN4O/c1-3-4(11-6(8)12)2-9-5(7)10-3/h2H,1H3,(H3,8,11,12). The fourth-order valence-corrected chi connectivity index (χ4v) is 0.870. The van der Waals surface area contributed by atoms with Crippen LogP contribution in [0.25, 0.3) is 0 Å². The molecule has 3 N–H and O–H groups in total. The third-order valence-electron chi connectivity index (χ3n) is 1.21. The minimum absolute atomic E-state index is 0.141. The third kappa shape index (κ3) is 2.06. The van der Waals surface area contributed by atoms with Gasteiger partial charge in [-0.3, -0.25) is 0 Å². The van der Waals surface area contributed by atoms with Crippen LogP contribution in [0.3, 0.4) is 0 Å². The van der Waals surface area contributed by atoms with Crippen LogP contribution < -0.4 is 11.1 Å². The lowest BCUT2D eigenvalue weighted by Gasteiger charge is -2.03. The summed E-state index contributed by atoms with van der Waals surface area (Å²) in [5, 5.41) is 2.50. The van der Waals surface area contributed by atoms with E-state index in [0.29, 0.717) is 11.4 Å². The zero-order chi connectivity index (χ0) is 9.14. The van der Waals surface area contributed by atoms with E-state index >= 15 is 0 Å². The molecular formula is C6H7ClN4O. The molecule has 64 valence electrons. The highest BCUT2D eigenvalue weighted by molar-refractivity contribution is 6.28. The van der Waals surface area contributed by atoms with Gasteiger partial charge in [-0.25, -0.2) is 14.8 Å². The van der Waals surface area contributed by atoms with Gasteiger partial charge >= 0.3 is 6.03 Å². The number of nitrogens with two attached hydrogens (primary N) is 1. The number of carbonyl (C=O) groups excluding carboxylic acids is 1. The summed E-state index contributed by atoms with van der Waals surface area (Å²) in [5.74, 6) is 0. The van der Waals surface area contributed by atoms with Gasteiger partial charge in [-0.1, -0.05) is 0 Å². The van der Waals surface area contributed by atoms with Gasteiger partial charge in [-0.15, -0.1) is 0 Å². The van der Waals surface area contributed by atoms with Gasteiger partial charge in [0.05, 0.1) is 17.6 Å². The number of rotatable bonds is 1. The number of hydrogen-bond acceptors (Lipinski definition) is 3. The maximum Gasteiger partial charge on any atom is 0.316 e. The van der Waals surface area contributed by atoms with E-state index in [0.717, 1.165) is 0 Å². The normalized spacial score (nSPS) is 9.50. The lowest BCUT2D eigenvalue weighted by Crippen LogP contribution is -2.20. The van der Waals surface area contributed by atoms with Gasteiger partial charge < -0.3 is 11.1 Å². The highest BCUT2D eigenvalue weighted by Crippen LogP contribution is 2.11. The number of urea groups is 1. The summed E-state index contributed by atoms with van der Waals surface area (Å²) < 4.78 is 0.